The average molecular weight is 461 g/mol. The van der Waals surface area contributed by atoms with E-state index in [1.54, 1.807) is 13.0 Å². The Bertz CT molecular complexity index is 1150. The van der Waals surface area contributed by atoms with Gasteiger partial charge < -0.3 is 4.90 Å². The molecule has 0 atom stereocenters. The van der Waals surface area contributed by atoms with Crippen LogP contribution in [0.25, 0.3) is 10.9 Å². The molecule has 6 nitrogen and oxygen atoms in total. The van der Waals surface area contributed by atoms with Gasteiger partial charge in [0.15, 0.2) is 0 Å². The Morgan fingerprint density at radius 1 is 1.21 bits per heavy atom. The van der Waals surface area contributed by atoms with Crippen LogP contribution >= 0.6 is 0 Å². The molecule has 0 spiro atoms. The summed E-state index contributed by atoms with van der Waals surface area (Å²) in [6.07, 6.45) is 2.48. The molecule has 0 amide bonds. The van der Waals surface area contributed by atoms with Crippen LogP contribution in [0.4, 0.5) is 24.7 Å². The zero-order valence-corrected chi connectivity index (χ0v) is 19.7. The van der Waals surface area contributed by atoms with Gasteiger partial charge in [-0.25, -0.2) is 13.2 Å². The second kappa shape index (κ2) is 11.1. The van der Waals surface area contributed by atoms with Gasteiger partial charge in [-0.15, -0.1) is 0 Å². The van der Waals surface area contributed by atoms with E-state index in [0.29, 0.717) is 11.4 Å². The third-order valence-corrected chi connectivity index (χ3v) is 5.06. The van der Waals surface area contributed by atoms with Crippen molar-refractivity contribution in [1.82, 2.24) is 14.5 Å². The monoisotopic (exact) mass is 460 g/mol. The molecule has 0 saturated heterocycles. The Morgan fingerprint density at radius 3 is 2.36 bits per heavy atom. The van der Waals surface area contributed by atoms with Gasteiger partial charge in [-0.3, -0.25) is 20.4 Å². The highest BCUT2D eigenvalue weighted by molar-refractivity contribution is 5.94. The van der Waals surface area contributed by atoms with Gasteiger partial charge in [-0.2, -0.15) is 4.98 Å². The second-order valence-electron chi connectivity index (χ2n) is 8.21. The van der Waals surface area contributed by atoms with Crippen molar-refractivity contribution >= 4 is 28.7 Å². The number of aryl methyl sites for hydroxylation is 1. The largest absolute Gasteiger partial charge is 0.320 e. The van der Waals surface area contributed by atoms with E-state index >= 15 is 0 Å². The highest BCUT2D eigenvalue weighted by Gasteiger charge is 2.30. The quantitative estimate of drug-likeness (QED) is 0.359. The van der Waals surface area contributed by atoms with Crippen molar-refractivity contribution in [3.8, 4) is 0 Å². The van der Waals surface area contributed by atoms with Gasteiger partial charge in [0.2, 0.25) is 5.62 Å². The zero-order chi connectivity index (χ0) is 24.8. The molecule has 33 heavy (non-hydrogen) atoms. The van der Waals surface area contributed by atoms with Crippen LogP contribution in [-0.2, 0) is 0 Å². The molecule has 178 valence electrons. The van der Waals surface area contributed by atoms with Crippen LogP contribution in [0.1, 0.15) is 46.2 Å². The Hall–Kier alpha value is -3.23. The lowest BCUT2D eigenvalue weighted by molar-refractivity contribution is 0.157. The van der Waals surface area contributed by atoms with Crippen molar-refractivity contribution in [2.75, 3.05) is 11.4 Å². The standard InChI is InChI=1S/C17H15F3N6.C5H10.C2H6/c1-10-7-11(5-6-23-10)25(8-14(19)20)16-15-12(18)3-2-4-13(15)26(9-21)17(22)24-16;1-5(2)3-4-5;1-2/h2-7,9,14,21-22H,8H2,1H3;3-4H2,1-2H3;1-2H3. The smallest absolute Gasteiger partial charge is 0.256 e. The molecular formula is C24H31F3N6. The normalized spacial score (nSPS) is 13.5. The van der Waals surface area contributed by atoms with Crippen molar-refractivity contribution < 1.29 is 13.2 Å². The summed E-state index contributed by atoms with van der Waals surface area (Å²) in [7, 11) is 0. The van der Waals surface area contributed by atoms with E-state index in [0.717, 1.165) is 21.2 Å². The average Bonchev–Trinajstić information content (AvgIpc) is 3.47. The highest BCUT2D eigenvalue weighted by Crippen LogP contribution is 2.43. The van der Waals surface area contributed by atoms with Crippen molar-refractivity contribution in [1.29, 1.82) is 10.8 Å². The van der Waals surface area contributed by atoms with E-state index in [-0.39, 0.29) is 22.3 Å². The molecule has 9 heteroatoms. The molecule has 1 fully saturated rings. The Kier molecular flexibility index (Phi) is 8.73. The number of hydrogen-bond acceptors (Lipinski definition) is 5. The summed E-state index contributed by atoms with van der Waals surface area (Å²) in [5.74, 6) is -0.780. The van der Waals surface area contributed by atoms with Gasteiger partial charge in [0.1, 0.15) is 11.6 Å². The summed E-state index contributed by atoms with van der Waals surface area (Å²) >= 11 is 0. The second-order valence-corrected chi connectivity index (χ2v) is 8.21. The first-order valence-corrected chi connectivity index (χ1v) is 10.9. The van der Waals surface area contributed by atoms with E-state index in [1.807, 2.05) is 13.8 Å². The van der Waals surface area contributed by atoms with Gasteiger partial charge in [0.25, 0.3) is 6.43 Å². The molecule has 2 N–H and O–H groups in total. The number of nitrogens with one attached hydrogen (secondary N) is 2. The van der Waals surface area contributed by atoms with Crippen molar-refractivity contribution in [2.24, 2.45) is 5.41 Å². The Balaban J connectivity index is 0.000000477. The van der Waals surface area contributed by atoms with E-state index in [9.17, 15) is 13.2 Å². The van der Waals surface area contributed by atoms with Gasteiger partial charge in [-0.1, -0.05) is 33.8 Å². The third kappa shape index (κ3) is 6.63. The Labute approximate surface area is 192 Å². The van der Waals surface area contributed by atoms with Crippen LogP contribution in [0.2, 0.25) is 0 Å². The first kappa shape index (κ1) is 26.0. The molecule has 1 saturated carbocycles. The van der Waals surface area contributed by atoms with Crippen LogP contribution < -0.4 is 10.5 Å². The number of anilines is 2. The van der Waals surface area contributed by atoms with Gasteiger partial charge in [-0.05, 0) is 49.4 Å². The van der Waals surface area contributed by atoms with Crippen LogP contribution in [0.3, 0.4) is 0 Å². The number of hydrogen-bond donors (Lipinski definition) is 2. The third-order valence-electron chi connectivity index (χ3n) is 5.06. The number of rotatable bonds is 5. The first-order valence-electron chi connectivity index (χ1n) is 10.9. The molecule has 0 radical (unpaired) electrons. The minimum Gasteiger partial charge on any atom is -0.320 e. The van der Waals surface area contributed by atoms with Crippen LogP contribution in [0.15, 0.2) is 36.5 Å². The lowest BCUT2D eigenvalue weighted by atomic mass is 10.2. The number of nitrogens with zero attached hydrogens (tertiary/aromatic N) is 4. The predicted octanol–water partition coefficient (Wildman–Crippen LogP) is 6.05. The number of aromatic nitrogens is 3. The SMILES string of the molecule is CC.CC1(C)CC1.Cc1cc(N(CC(F)F)c2nc(=N)n(C=N)c3cccc(F)c23)ccn1. The molecule has 3 aromatic rings. The van der Waals surface area contributed by atoms with Crippen molar-refractivity contribution in [2.45, 2.75) is 53.9 Å². The Morgan fingerprint density at radius 2 is 1.85 bits per heavy atom. The molecular weight excluding hydrogens is 429 g/mol. The van der Waals surface area contributed by atoms with Gasteiger partial charge in [0.05, 0.1) is 23.8 Å². The van der Waals surface area contributed by atoms with E-state index in [2.05, 4.69) is 23.8 Å². The lowest BCUT2D eigenvalue weighted by Crippen LogP contribution is -2.31. The fraction of sp³-hybridized carbons (Fsp3) is 0.417. The number of halogens is 3. The van der Waals surface area contributed by atoms with Crippen LogP contribution in [-0.4, -0.2) is 33.8 Å². The number of alkyl halides is 2. The molecule has 4 rings (SSSR count). The lowest BCUT2D eigenvalue weighted by Gasteiger charge is -2.25. The molecule has 0 aliphatic heterocycles. The summed E-state index contributed by atoms with van der Waals surface area (Å²) in [6.45, 7) is 9.58. The molecule has 2 heterocycles. The maximum Gasteiger partial charge on any atom is 0.256 e. The fourth-order valence-corrected chi connectivity index (χ4v) is 2.99. The van der Waals surface area contributed by atoms with Gasteiger partial charge >= 0.3 is 0 Å². The summed E-state index contributed by atoms with van der Waals surface area (Å²) < 4.78 is 42.1. The number of pyridine rings is 1. The molecule has 0 bridgehead atoms. The predicted molar refractivity (Wildman–Crippen MR) is 126 cm³/mol. The minimum atomic E-state index is -2.71. The number of benzene rings is 1. The summed E-state index contributed by atoms with van der Waals surface area (Å²) in [5.41, 5.74) is 1.54. The molecule has 1 aliphatic rings. The van der Waals surface area contributed by atoms with Gasteiger partial charge in [0, 0.05) is 17.6 Å². The van der Waals surface area contributed by atoms with Crippen LogP contribution in [0.5, 0.6) is 0 Å². The molecule has 1 aromatic carbocycles. The van der Waals surface area contributed by atoms with Crippen molar-refractivity contribution in [3.05, 3.63) is 53.7 Å². The first-order chi connectivity index (χ1) is 15.6. The van der Waals surface area contributed by atoms with E-state index in [1.165, 1.54) is 43.3 Å². The highest BCUT2D eigenvalue weighted by atomic mass is 19.3. The minimum absolute atomic E-state index is 0.0397. The number of fused-ring (bicyclic) bond motifs is 1. The zero-order valence-electron chi connectivity index (χ0n) is 19.7. The summed E-state index contributed by atoms with van der Waals surface area (Å²) in [4.78, 5) is 9.21. The molecule has 2 aromatic heterocycles. The molecule has 1 aliphatic carbocycles. The van der Waals surface area contributed by atoms with E-state index < -0.39 is 18.8 Å². The topological polar surface area (TPSA) is 81.7 Å². The van der Waals surface area contributed by atoms with E-state index in [4.69, 9.17) is 10.8 Å². The summed E-state index contributed by atoms with van der Waals surface area (Å²) in [6, 6.07) is 7.22. The maximum absolute atomic E-state index is 14.6. The van der Waals surface area contributed by atoms with Crippen LogP contribution in [0, 0.1) is 29.0 Å². The fourth-order valence-electron chi connectivity index (χ4n) is 2.99. The summed E-state index contributed by atoms with van der Waals surface area (Å²) in [5, 5.41) is 15.4. The maximum atomic E-state index is 14.6. The molecule has 0 unspecified atom stereocenters. The van der Waals surface area contributed by atoms with Crippen molar-refractivity contribution in [3.63, 3.8) is 0 Å².